The van der Waals surface area contributed by atoms with Gasteiger partial charge in [0.15, 0.2) is 0 Å². The average molecular weight is 301 g/mol. The van der Waals surface area contributed by atoms with E-state index in [2.05, 4.69) is 12.2 Å². The fourth-order valence-corrected chi connectivity index (χ4v) is 2.10. The first kappa shape index (κ1) is 16.1. The van der Waals surface area contributed by atoms with Gasteiger partial charge < -0.3 is 14.5 Å². The highest BCUT2D eigenvalue weighted by Crippen LogP contribution is 2.13. The van der Waals surface area contributed by atoms with E-state index in [1.54, 1.807) is 18.4 Å². The Hall–Kier alpha value is -2.23. The van der Waals surface area contributed by atoms with Crippen molar-refractivity contribution >= 4 is 5.91 Å². The Labute approximate surface area is 131 Å². The van der Waals surface area contributed by atoms with Gasteiger partial charge in [-0.15, -0.1) is 0 Å². The number of hydrogen-bond donors (Lipinski definition) is 1. The monoisotopic (exact) mass is 301 g/mol. The van der Waals surface area contributed by atoms with Gasteiger partial charge in [0.05, 0.1) is 12.9 Å². The molecule has 1 aromatic carbocycles. The third kappa shape index (κ3) is 5.28. The van der Waals surface area contributed by atoms with Crippen molar-refractivity contribution in [1.82, 2.24) is 5.32 Å². The van der Waals surface area contributed by atoms with E-state index in [-0.39, 0.29) is 5.91 Å². The van der Waals surface area contributed by atoms with Crippen LogP contribution in [0.2, 0.25) is 0 Å². The van der Waals surface area contributed by atoms with E-state index in [0.29, 0.717) is 18.5 Å². The summed E-state index contributed by atoms with van der Waals surface area (Å²) in [6.45, 7) is 3.45. The summed E-state index contributed by atoms with van der Waals surface area (Å²) in [5.74, 6) is 1.60. The summed E-state index contributed by atoms with van der Waals surface area (Å²) in [6.07, 6.45) is 5.75. The average Bonchev–Trinajstić information content (AvgIpc) is 3.05. The highest BCUT2D eigenvalue weighted by atomic mass is 16.5. The van der Waals surface area contributed by atoms with Crippen LogP contribution in [-0.2, 0) is 6.42 Å². The topological polar surface area (TPSA) is 51.5 Å². The number of unbranched alkanes of at least 4 members (excludes halogenated alkanes) is 2. The maximum Gasteiger partial charge on any atom is 0.251 e. The number of amides is 1. The molecule has 1 heterocycles. The van der Waals surface area contributed by atoms with Gasteiger partial charge >= 0.3 is 0 Å². The molecule has 0 aliphatic carbocycles. The first-order chi connectivity index (χ1) is 10.8. The van der Waals surface area contributed by atoms with E-state index < -0.39 is 0 Å². The van der Waals surface area contributed by atoms with Gasteiger partial charge in [0, 0.05) is 18.5 Å². The molecule has 4 heteroatoms. The van der Waals surface area contributed by atoms with Gasteiger partial charge in [-0.3, -0.25) is 4.79 Å². The van der Waals surface area contributed by atoms with Crippen LogP contribution < -0.4 is 10.1 Å². The highest BCUT2D eigenvalue weighted by molar-refractivity contribution is 5.94. The fourth-order valence-electron chi connectivity index (χ4n) is 2.10. The zero-order chi connectivity index (χ0) is 15.6. The summed E-state index contributed by atoms with van der Waals surface area (Å²) < 4.78 is 10.9. The molecule has 0 unspecified atom stereocenters. The van der Waals surface area contributed by atoms with E-state index in [0.717, 1.165) is 24.5 Å². The Kier molecular flexibility index (Phi) is 6.55. The molecule has 1 N–H and O–H groups in total. The molecule has 1 aromatic heterocycles. The molecule has 0 fully saturated rings. The number of benzene rings is 1. The van der Waals surface area contributed by atoms with Gasteiger partial charge in [0.25, 0.3) is 5.91 Å². The van der Waals surface area contributed by atoms with Crippen molar-refractivity contribution in [3.63, 3.8) is 0 Å². The zero-order valence-corrected chi connectivity index (χ0v) is 13.0. The van der Waals surface area contributed by atoms with Crippen LogP contribution >= 0.6 is 0 Å². The van der Waals surface area contributed by atoms with Crippen LogP contribution in [0, 0.1) is 0 Å². The second-order valence-corrected chi connectivity index (χ2v) is 5.17. The van der Waals surface area contributed by atoms with Crippen molar-refractivity contribution in [3.05, 3.63) is 54.0 Å². The van der Waals surface area contributed by atoms with E-state index in [9.17, 15) is 4.79 Å². The normalized spacial score (nSPS) is 10.4. The number of ether oxygens (including phenoxy) is 1. The highest BCUT2D eigenvalue weighted by Gasteiger charge is 2.05. The SMILES string of the molecule is CCCCCOc1ccc(C(=O)NCCc2ccco2)cc1. The first-order valence-corrected chi connectivity index (χ1v) is 7.83. The van der Waals surface area contributed by atoms with Crippen molar-refractivity contribution in [2.45, 2.75) is 32.6 Å². The van der Waals surface area contributed by atoms with Gasteiger partial charge in [-0.2, -0.15) is 0 Å². The summed E-state index contributed by atoms with van der Waals surface area (Å²) in [4.78, 5) is 12.0. The number of hydrogen-bond acceptors (Lipinski definition) is 3. The third-order valence-corrected chi connectivity index (χ3v) is 3.37. The Morgan fingerprint density at radius 2 is 2.00 bits per heavy atom. The lowest BCUT2D eigenvalue weighted by Crippen LogP contribution is -2.25. The van der Waals surface area contributed by atoms with Crippen LogP contribution in [0.1, 0.15) is 42.3 Å². The van der Waals surface area contributed by atoms with Crippen LogP contribution in [0.15, 0.2) is 47.1 Å². The molecule has 0 saturated heterocycles. The van der Waals surface area contributed by atoms with Crippen LogP contribution in [0.25, 0.3) is 0 Å². The number of carbonyl (C=O) groups is 1. The maximum absolute atomic E-state index is 12.0. The van der Waals surface area contributed by atoms with Gasteiger partial charge in [0.1, 0.15) is 11.5 Å². The third-order valence-electron chi connectivity index (χ3n) is 3.37. The number of carbonyl (C=O) groups excluding carboxylic acids is 1. The molecule has 0 bridgehead atoms. The smallest absolute Gasteiger partial charge is 0.251 e. The zero-order valence-electron chi connectivity index (χ0n) is 13.0. The standard InChI is InChI=1S/C18H23NO3/c1-2-3-4-13-21-17-9-7-15(8-10-17)18(20)19-12-11-16-6-5-14-22-16/h5-10,14H,2-4,11-13H2,1H3,(H,19,20). The van der Waals surface area contributed by atoms with Crippen LogP contribution in [0.3, 0.4) is 0 Å². The first-order valence-electron chi connectivity index (χ1n) is 7.83. The minimum Gasteiger partial charge on any atom is -0.494 e. The van der Waals surface area contributed by atoms with Gasteiger partial charge in [-0.1, -0.05) is 19.8 Å². The van der Waals surface area contributed by atoms with E-state index in [1.807, 2.05) is 24.3 Å². The van der Waals surface area contributed by atoms with E-state index >= 15 is 0 Å². The molecular weight excluding hydrogens is 278 g/mol. The molecular formula is C18H23NO3. The van der Waals surface area contributed by atoms with E-state index in [4.69, 9.17) is 9.15 Å². The molecule has 0 aliphatic heterocycles. The summed E-state index contributed by atoms with van der Waals surface area (Å²) >= 11 is 0. The Morgan fingerprint density at radius 3 is 2.68 bits per heavy atom. The molecule has 0 saturated carbocycles. The van der Waals surface area contributed by atoms with Crippen molar-refractivity contribution in [2.75, 3.05) is 13.2 Å². The Balaban J connectivity index is 1.73. The van der Waals surface area contributed by atoms with Crippen molar-refractivity contribution in [3.8, 4) is 5.75 Å². The quantitative estimate of drug-likeness (QED) is 0.716. The van der Waals surface area contributed by atoms with Crippen molar-refractivity contribution < 1.29 is 13.9 Å². The molecule has 2 rings (SSSR count). The Bertz CT molecular complexity index is 546. The largest absolute Gasteiger partial charge is 0.494 e. The lowest BCUT2D eigenvalue weighted by Gasteiger charge is -2.07. The lowest BCUT2D eigenvalue weighted by molar-refractivity contribution is 0.0953. The molecule has 0 atom stereocenters. The van der Waals surface area contributed by atoms with Gasteiger partial charge in [-0.25, -0.2) is 0 Å². The fraction of sp³-hybridized carbons (Fsp3) is 0.389. The van der Waals surface area contributed by atoms with E-state index in [1.165, 1.54) is 12.8 Å². The summed E-state index contributed by atoms with van der Waals surface area (Å²) in [6, 6.07) is 11.0. The predicted octanol–water partition coefficient (Wildman–Crippen LogP) is 3.82. The summed E-state index contributed by atoms with van der Waals surface area (Å²) in [5.41, 5.74) is 0.639. The minimum atomic E-state index is -0.0795. The van der Waals surface area contributed by atoms with Crippen LogP contribution in [0.4, 0.5) is 0 Å². The molecule has 0 aliphatic rings. The van der Waals surface area contributed by atoms with Crippen LogP contribution in [0.5, 0.6) is 5.75 Å². The second kappa shape index (κ2) is 8.93. The van der Waals surface area contributed by atoms with Crippen LogP contribution in [-0.4, -0.2) is 19.1 Å². The summed E-state index contributed by atoms with van der Waals surface area (Å²) in [7, 11) is 0. The molecule has 2 aromatic rings. The summed E-state index contributed by atoms with van der Waals surface area (Å²) in [5, 5.41) is 2.88. The molecule has 22 heavy (non-hydrogen) atoms. The number of rotatable bonds is 9. The lowest BCUT2D eigenvalue weighted by atomic mass is 10.2. The van der Waals surface area contributed by atoms with Gasteiger partial charge in [-0.05, 0) is 42.8 Å². The Morgan fingerprint density at radius 1 is 1.18 bits per heavy atom. The number of furan rings is 1. The minimum absolute atomic E-state index is 0.0795. The molecule has 1 amide bonds. The van der Waals surface area contributed by atoms with Crippen molar-refractivity contribution in [1.29, 1.82) is 0 Å². The molecule has 4 nitrogen and oxygen atoms in total. The maximum atomic E-state index is 12.0. The number of nitrogens with one attached hydrogen (secondary N) is 1. The van der Waals surface area contributed by atoms with Crippen molar-refractivity contribution in [2.24, 2.45) is 0 Å². The second-order valence-electron chi connectivity index (χ2n) is 5.17. The molecule has 118 valence electrons. The predicted molar refractivity (Wildman–Crippen MR) is 86.2 cm³/mol. The molecule has 0 spiro atoms. The van der Waals surface area contributed by atoms with Gasteiger partial charge in [0.2, 0.25) is 0 Å². The molecule has 0 radical (unpaired) electrons.